The van der Waals surface area contributed by atoms with E-state index in [1.807, 2.05) is 44.2 Å². The molecule has 0 saturated carbocycles. The summed E-state index contributed by atoms with van der Waals surface area (Å²) in [5, 5.41) is 5.94. The molecule has 23 heavy (non-hydrogen) atoms. The number of hydrogen-bond acceptors (Lipinski definition) is 4. The van der Waals surface area contributed by atoms with Crippen molar-refractivity contribution in [3.8, 4) is 11.5 Å². The van der Waals surface area contributed by atoms with E-state index >= 15 is 0 Å². The Morgan fingerprint density at radius 2 is 1.78 bits per heavy atom. The molecule has 2 rings (SSSR count). The molecule has 0 atom stereocenters. The maximum Gasteiger partial charge on any atom is 0.243 e. The van der Waals surface area contributed by atoms with Gasteiger partial charge in [0, 0.05) is 11.8 Å². The predicted octanol–water partition coefficient (Wildman–Crippen LogP) is 3.37. The van der Waals surface area contributed by atoms with Crippen LogP contribution in [0.25, 0.3) is 0 Å². The van der Waals surface area contributed by atoms with Crippen molar-refractivity contribution in [2.45, 2.75) is 13.8 Å². The number of nitrogens with one attached hydrogen (secondary N) is 2. The number of ether oxygens (including phenoxy) is 2. The summed E-state index contributed by atoms with van der Waals surface area (Å²) in [5.41, 5.74) is 3.88. The van der Waals surface area contributed by atoms with Crippen LogP contribution in [0.2, 0.25) is 0 Å². The third-order valence-electron chi connectivity index (χ3n) is 3.64. The number of amides is 1. The van der Waals surface area contributed by atoms with Gasteiger partial charge in [-0.1, -0.05) is 6.07 Å². The van der Waals surface area contributed by atoms with Crippen LogP contribution in [0.3, 0.4) is 0 Å². The van der Waals surface area contributed by atoms with Crippen LogP contribution in [-0.4, -0.2) is 26.7 Å². The lowest BCUT2D eigenvalue weighted by Crippen LogP contribution is -2.22. The lowest BCUT2D eigenvalue weighted by Gasteiger charge is -2.13. The molecule has 2 aromatic rings. The third kappa shape index (κ3) is 4.39. The Morgan fingerprint density at radius 1 is 1.00 bits per heavy atom. The predicted molar refractivity (Wildman–Crippen MR) is 92.6 cm³/mol. The number of methoxy groups -OCH3 is 2. The van der Waals surface area contributed by atoms with E-state index in [-0.39, 0.29) is 12.5 Å². The Labute approximate surface area is 136 Å². The zero-order chi connectivity index (χ0) is 16.8. The van der Waals surface area contributed by atoms with Crippen LogP contribution in [-0.2, 0) is 4.79 Å². The number of benzene rings is 2. The summed E-state index contributed by atoms with van der Waals surface area (Å²) in [4.78, 5) is 12.1. The van der Waals surface area contributed by atoms with Crippen molar-refractivity contribution in [3.63, 3.8) is 0 Å². The molecule has 5 nitrogen and oxygen atoms in total. The first-order chi connectivity index (χ1) is 11.0. The Morgan fingerprint density at radius 3 is 2.43 bits per heavy atom. The first-order valence-corrected chi connectivity index (χ1v) is 7.36. The molecule has 0 bridgehead atoms. The van der Waals surface area contributed by atoms with Crippen LogP contribution in [0.5, 0.6) is 11.5 Å². The summed E-state index contributed by atoms with van der Waals surface area (Å²) in [6, 6.07) is 11.2. The van der Waals surface area contributed by atoms with Crippen LogP contribution < -0.4 is 20.1 Å². The van der Waals surface area contributed by atoms with E-state index in [1.54, 1.807) is 20.3 Å². The molecule has 0 aliphatic carbocycles. The Balaban J connectivity index is 1.97. The molecule has 0 fully saturated rings. The molecule has 2 aromatic carbocycles. The minimum absolute atomic E-state index is 0.119. The topological polar surface area (TPSA) is 59.6 Å². The van der Waals surface area contributed by atoms with Gasteiger partial charge >= 0.3 is 0 Å². The van der Waals surface area contributed by atoms with Crippen molar-refractivity contribution < 1.29 is 14.3 Å². The van der Waals surface area contributed by atoms with Gasteiger partial charge in [0.1, 0.15) is 11.5 Å². The van der Waals surface area contributed by atoms with E-state index in [9.17, 15) is 4.79 Å². The summed E-state index contributed by atoms with van der Waals surface area (Å²) in [6.45, 7) is 4.21. The smallest absolute Gasteiger partial charge is 0.243 e. The normalized spacial score (nSPS) is 10.1. The first-order valence-electron chi connectivity index (χ1n) is 7.36. The van der Waals surface area contributed by atoms with Crippen LogP contribution in [0.15, 0.2) is 36.4 Å². The van der Waals surface area contributed by atoms with Crippen molar-refractivity contribution in [1.82, 2.24) is 0 Å². The summed E-state index contributed by atoms with van der Waals surface area (Å²) in [5.74, 6) is 1.21. The molecular formula is C18H22N2O3. The van der Waals surface area contributed by atoms with Crippen molar-refractivity contribution >= 4 is 17.3 Å². The molecular weight excluding hydrogens is 292 g/mol. The summed E-state index contributed by atoms with van der Waals surface area (Å²) in [6.07, 6.45) is 0. The molecule has 0 aliphatic rings. The van der Waals surface area contributed by atoms with Crippen LogP contribution in [0.4, 0.5) is 11.4 Å². The van der Waals surface area contributed by atoms with Gasteiger partial charge in [-0.2, -0.15) is 0 Å². The molecule has 122 valence electrons. The summed E-state index contributed by atoms with van der Waals surface area (Å²) in [7, 11) is 3.17. The molecule has 0 aliphatic heterocycles. The Kier molecular flexibility index (Phi) is 5.46. The first kappa shape index (κ1) is 16.7. The molecule has 0 heterocycles. The highest BCUT2D eigenvalue weighted by Crippen LogP contribution is 2.28. The van der Waals surface area contributed by atoms with Crippen LogP contribution >= 0.6 is 0 Å². The fraction of sp³-hybridized carbons (Fsp3) is 0.278. The van der Waals surface area contributed by atoms with Gasteiger partial charge in [0.25, 0.3) is 0 Å². The highest BCUT2D eigenvalue weighted by molar-refractivity contribution is 5.94. The van der Waals surface area contributed by atoms with Crippen molar-refractivity contribution in [2.75, 3.05) is 31.4 Å². The highest BCUT2D eigenvalue weighted by Gasteiger charge is 2.08. The Bertz CT molecular complexity index is 699. The molecule has 2 N–H and O–H groups in total. The highest BCUT2D eigenvalue weighted by atomic mass is 16.5. The van der Waals surface area contributed by atoms with Crippen molar-refractivity contribution in [2.24, 2.45) is 0 Å². The van der Waals surface area contributed by atoms with Gasteiger partial charge in [0.15, 0.2) is 0 Å². The Hall–Kier alpha value is -2.69. The van der Waals surface area contributed by atoms with Crippen LogP contribution in [0, 0.1) is 13.8 Å². The van der Waals surface area contributed by atoms with Gasteiger partial charge < -0.3 is 20.1 Å². The van der Waals surface area contributed by atoms with E-state index in [2.05, 4.69) is 10.6 Å². The SMILES string of the molecule is COc1ccc(NCC(=O)Nc2ccc(C)c(C)c2)c(OC)c1. The van der Waals surface area contributed by atoms with E-state index in [0.717, 1.165) is 16.9 Å². The molecule has 0 unspecified atom stereocenters. The zero-order valence-corrected chi connectivity index (χ0v) is 13.9. The minimum atomic E-state index is -0.119. The molecule has 0 radical (unpaired) electrons. The van der Waals surface area contributed by atoms with Gasteiger partial charge in [-0.15, -0.1) is 0 Å². The van der Waals surface area contributed by atoms with Crippen molar-refractivity contribution in [1.29, 1.82) is 0 Å². The maximum atomic E-state index is 12.1. The van der Waals surface area contributed by atoms with E-state index in [0.29, 0.717) is 11.5 Å². The molecule has 5 heteroatoms. The maximum absolute atomic E-state index is 12.1. The standard InChI is InChI=1S/C18H22N2O3/c1-12-5-6-14(9-13(12)2)20-18(21)11-19-16-8-7-15(22-3)10-17(16)23-4/h5-10,19H,11H2,1-4H3,(H,20,21). The second-order valence-corrected chi connectivity index (χ2v) is 5.27. The molecule has 0 spiro atoms. The quantitative estimate of drug-likeness (QED) is 0.858. The average molecular weight is 314 g/mol. The van der Waals surface area contributed by atoms with Gasteiger partial charge in [0.05, 0.1) is 26.5 Å². The van der Waals surface area contributed by atoms with Gasteiger partial charge in [-0.05, 0) is 49.2 Å². The van der Waals surface area contributed by atoms with Crippen molar-refractivity contribution in [3.05, 3.63) is 47.5 Å². The fourth-order valence-corrected chi connectivity index (χ4v) is 2.14. The second kappa shape index (κ2) is 7.54. The lowest BCUT2D eigenvalue weighted by atomic mass is 10.1. The van der Waals surface area contributed by atoms with E-state index in [4.69, 9.17) is 9.47 Å². The number of carbonyl (C=O) groups excluding carboxylic acids is 1. The molecule has 0 aromatic heterocycles. The van der Waals surface area contributed by atoms with Gasteiger partial charge in [0.2, 0.25) is 5.91 Å². The van der Waals surface area contributed by atoms with Crippen LogP contribution in [0.1, 0.15) is 11.1 Å². The minimum Gasteiger partial charge on any atom is -0.497 e. The largest absolute Gasteiger partial charge is 0.497 e. The summed E-state index contributed by atoms with van der Waals surface area (Å²) >= 11 is 0. The monoisotopic (exact) mass is 314 g/mol. The lowest BCUT2D eigenvalue weighted by molar-refractivity contribution is -0.114. The third-order valence-corrected chi connectivity index (χ3v) is 3.64. The number of anilines is 2. The number of carbonyl (C=O) groups is 1. The van der Waals surface area contributed by atoms with E-state index in [1.165, 1.54) is 5.56 Å². The molecule has 0 saturated heterocycles. The second-order valence-electron chi connectivity index (χ2n) is 5.27. The zero-order valence-electron chi connectivity index (χ0n) is 13.9. The van der Waals surface area contributed by atoms with Gasteiger partial charge in [-0.25, -0.2) is 0 Å². The van der Waals surface area contributed by atoms with Gasteiger partial charge in [-0.3, -0.25) is 4.79 Å². The number of hydrogen-bond donors (Lipinski definition) is 2. The summed E-state index contributed by atoms with van der Waals surface area (Å²) < 4.78 is 10.4. The number of rotatable bonds is 6. The molecule has 1 amide bonds. The van der Waals surface area contributed by atoms with E-state index < -0.39 is 0 Å². The fourth-order valence-electron chi connectivity index (χ4n) is 2.14. The average Bonchev–Trinajstić information content (AvgIpc) is 2.56. The number of aryl methyl sites for hydroxylation is 2.